The van der Waals surface area contributed by atoms with Crippen LogP contribution in [0.3, 0.4) is 0 Å². The first-order valence-electron chi connectivity index (χ1n) is 9.43. The molecule has 0 bridgehead atoms. The number of aryl methyl sites for hydroxylation is 1. The minimum atomic E-state index is -0.789. The number of carbonyl (C=O) groups is 1. The second-order valence-electron chi connectivity index (χ2n) is 7.28. The Morgan fingerprint density at radius 3 is 2.69 bits per heavy atom. The standard InChI is InChI=1S/C21H22N4O3S/c1-12(2)11-29-21-22-19-18(23-24-21)15-7-5-6-8-16(15)25(14(4)26)20(28-19)17-10-9-13(3)27-17/h5-10,12,20H,11H2,1-4H3/t20-/m0/s1. The van der Waals surface area contributed by atoms with Gasteiger partial charge in [0.05, 0.1) is 5.69 Å². The topological polar surface area (TPSA) is 81.4 Å². The molecule has 1 aliphatic rings. The number of fused-ring (bicyclic) bond motifs is 3. The van der Waals surface area contributed by atoms with Crippen molar-refractivity contribution in [1.29, 1.82) is 0 Å². The zero-order valence-electron chi connectivity index (χ0n) is 16.7. The number of nitrogens with zero attached hydrogens (tertiary/aromatic N) is 4. The number of rotatable bonds is 4. The van der Waals surface area contributed by atoms with Crippen molar-refractivity contribution in [1.82, 2.24) is 15.2 Å². The number of thioether (sulfide) groups is 1. The van der Waals surface area contributed by atoms with Crippen LogP contribution in [0.2, 0.25) is 0 Å². The molecule has 0 fully saturated rings. The zero-order valence-corrected chi connectivity index (χ0v) is 17.6. The summed E-state index contributed by atoms with van der Waals surface area (Å²) in [7, 11) is 0. The summed E-state index contributed by atoms with van der Waals surface area (Å²) < 4.78 is 12.1. The predicted octanol–water partition coefficient (Wildman–Crippen LogP) is 4.63. The Hall–Kier alpha value is -2.87. The minimum Gasteiger partial charge on any atom is -0.460 e. The van der Waals surface area contributed by atoms with E-state index in [0.717, 1.165) is 17.1 Å². The minimum absolute atomic E-state index is 0.174. The average molecular weight is 410 g/mol. The van der Waals surface area contributed by atoms with Crippen molar-refractivity contribution in [3.8, 4) is 17.1 Å². The molecule has 1 amide bonds. The van der Waals surface area contributed by atoms with Crippen molar-refractivity contribution in [2.24, 2.45) is 5.92 Å². The van der Waals surface area contributed by atoms with Gasteiger partial charge in [-0.25, -0.2) is 0 Å². The van der Waals surface area contributed by atoms with Gasteiger partial charge in [0, 0.05) is 18.2 Å². The SMILES string of the molecule is CC(=O)N1c2ccccc2-c2nnc(SCC(C)C)nc2O[C@H]1c1ccc(C)o1. The molecule has 0 saturated carbocycles. The Kier molecular flexibility index (Phi) is 5.27. The van der Waals surface area contributed by atoms with Crippen LogP contribution in [0.15, 0.2) is 46.0 Å². The van der Waals surface area contributed by atoms with Gasteiger partial charge in [0.2, 0.25) is 23.2 Å². The summed E-state index contributed by atoms with van der Waals surface area (Å²) in [6, 6.07) is 11.2. The van der Waals surface area contributed by atoms with Gasteiger partial charge in [-0.1, -0.05) is 43.8 Å². The number of ether oxygens (including phenoxy) is 1. The fraction of sp³-hybridized carbons (Fsp3) is 0.333. The molecule has 0 N–H and O–H groups in total. The number of hydrogen-bond donors (Lipinski definition) is 0. The summed E-state index contributed by atoms with van der Waals surface area (Å²) in [5.74, 6) is 2.79. The van der Waals surface area contributed by atoms with E-state index in [9.17, 15) is 4.79 Å². The Morgan fingerprint density at radius 1 is 1.21 bits per heavy atom. The predicted molar refractivity (Wildman–Crippen MR) is 111 cm³/mol. The third-order valence-corrected chi connectivity index (χ3v) is 5.67. The lowest BCUT2D eigenvalue weighted by molar-refractivity contribution is -0.118. The lowest BCUT2D eigenvalue weighted by Gasteiger charge is -2.28. The molecular formula is C21H22N4O3S. The number of benzene rings is 1. The Labute approximate surface area is 173 Å². The molecule has 0 unspecified atom stereocenters. The van der Waals surface area contributed by atoms with Gasteiger partial charge in [0.1, 0.15) is 5.76 Å². The van der Waals surface area contributed by atoms with Crippen LogP contribution >= 0.6 is 11.8 Å². The van der Waals surface area contributed by atoms with Gasteiger partial charge < -0.3 is 9.15 Å². The van der Waals surface area contributed by atoms with Gasteiger partial charge in [-0.3, -0.25) is 9.69 Å². The van der Waals surface area contributed by atoms with Gasteiger partial charge in [-0.05, 0) is 31.0 Å². The highest BCUT2D eigenvalue weighted by Gasteiger charge is 2.36. The Balaban J connectivity index is 1.86. The van der Waals surface area contributed by atoms with Crippen LogP contribution in [-0.4, -0.2) is 26.8 Å². The molecule has 0 aliphatic carbocycles. The molecule has 2 aromatic heterocycles. The van der Waals surface area contributed by atoms with E-state index in [1.54, 1.807) is 4.90 Å². The van der Waals surface area contributed by atoms with Gasteiger partial charge in [-0.15, -0.1) is 10.2 Å². The normalized spacial score (nSPS) is 15.5. The van der Waals surface area contributed by atoms with Crippen molar-refractivity contribution >= 4 is 23.4 Å². The third kappa shape index (κ3) is 3.85. The summed E-state index contributed by atoms with van der Waals surface area (Å²) >= 11 is 1.53. The molecule has 1 aromatic carbocycles. The van der Waals surface area contributed by atoms with E-state index in [2.05, 4.69) is 29.0 Å². The molecule has 0 saturated heterocycles. The fourth-order valence-corrected chi connectivity index (χ4v) is 3.85. The first-order valence-corrected chi connectivity index (χ1v) is 10.4. The van der Waals surface area contributed by atoms with Gasteiger partial charge in [0.15, 0.2) is 11.5 Å². The van der Waals surface area contributed by atoms with Gasteiger partial charge in [-0.2, -0.15) is 4.98 Å². The number of furan rings is 1. The largest absolute Gasteiger partial charge is 0.460 e. The molecule has 29 heavy (non-hydrogen) atoms. The first kappa shape index (κ1) is 19.4. The molecule has 3 heterocycles. The number of carbonyl (C=O) groups excluding carboxylic acids is 1. The molecule has 4 rings (SSSR count). The third-order valence-electron chi connectivity index (χ3n) is 4.40. The number of hydrogen-bond acceptors (Lipinski definition) is 7. The highest BCUT2D eigenvalue weighted by Crippen LogP contribution is 2.43. The van der Waals surface area contributed by atoms with Gasteiger partial charge >= 0.3 is 0 Å². The lowest BCUT2D eigenvalue weighted by Crippen LogP contribution is -2.35. The summed E-state index contributed by atoms with van der Waals surface area (Å²) in [4.78, 5) is 18.8. The van der Waals surface area contributed by atoms with E-state index in [0.29, 0.717) is 34.1 Å². The van der Waals surface area contributed by atoms with Crippen LogP contribution in [0.25, 0.3) is 11.3 Å². The molecule has 0 spiro atoms. The van der Waals surface area contributed by atoms with Crippen LogP contribution in [0.4, 0.5) is 5.69 Å². The van der Waals surface area contributed by atoms with Crippen LogP contribution in [-0.2, 0) is 4.79 Å². The summed E-state index contributed by atoms with van der Waals surface area (Å²) in [5, 5.41) is 9.21. The van der Waals surface area contributed by atoms with Gasteiger partial charge in [0.25, 0.3) is 0 Å². The van der Waals surface area contributed by atoms with Crippen molar-refractivity contribution in [3.63, 3.8) is 0 Å². The molecule has 8 heteroatoms. The second-order valence-corrected chi connectivity index (χ2v) is 8.26. The molecule has 150 valence electrons. The summed E-state index contributed by atoms with van der Waals surface area (Å²) in [6.07, 6.45) is -0.789. The zero-order chi connectivity index (χ0) is 20.5. The molecule has 3 aromatic rings. The van der Waals surface area contributed by atoms with E-state index >= 15 is 0 Å². The maximum absolute atomic E-state index is 12.6. The van der Waals surface area contributed by atoms with E-state index in [4.69, 9.17) is 9.15 Å². The Morgan fingerprint density at radius 2 is 2.00 bits per heavy atom. The number of para-hydroxylation sites is 1. The average Bonchev–Trinajstić information content (AvgIpc) is 3.06. The number of amides is 1. The number of aromatic nitrogens is 3. The quantitative estimate of drug-likeness (QED) is 0.580. The maximum atomic E-state index is 12.6. The van der Waals surface area contributed by atoms with Crippen molar-refractivity contribution in [2.45, 2.75) is 39.1 Å². The Bertz CT molecular complexity index is 1050. The highest BCUT2D eigenvalue weighted by atomic mass is 32.2. The van der Waals surface area contributed by atoms with Crippen molar-refractivity contribution in [2.75, 3.05) is 10.7 Å². The highest BCUT2D eigenvalue weighted by molar-refractivity contribution is 7.99. The van der Waals surface area contributed by atoms with E-state index in [-0.39, 0.29) is 5.91 Å². The smallest absolute Gasteiger partial charge is 0.247 e. The second kappa shape index (κ2) is 7.87. The van der Waals surface area contributed by atoms with Crippen LogP contribution in [0.5, 0.6) is 5.88 Å². The van der Waals surface area contributed by atoms with E-state index < -0.39 is 6.23 Å². The fourth-order valence-electron chi connectivity index (χ4n) is 3.13. The summed E-state index contributed by atoms with van der Waals surface area (Å²) in [6.45, 7) is 7.62. The number of anilines is 1. The van der Waals surface area contributed by atoms with Crippen LogP contribution in [0, 0.1) is 12.8 Å². The molecule has 1 atom stereocenters. The molecule has 1 aliphatic heterocycles. The van der Waals surface area contributed by atoms with E-state index in [1.165, 1.54) is 18.7 Å². The maximum Gasteiger partial charge on any atom is 0.247 e. The lowest BCUT2D eigenvalue weighted by atomic mass is 10.1. The van der Waals surface area contributed by atoms with Crippen molar-refractivity contribution in [3.05, 3.63) is 47.9 Å². The van der Waals surface area contributed by atoms with Crippen LogP contribution in [0.1, 0.15) is 38.5 Å². The van der Waals surface area contributed by atoms with E-state index in [1.807, 2.05) is 43.3 Å². The van der Waals surface area contributed by atoms with Crippen molar-refractivity contribution < 1.29 is 13.9 Å². The monoisotopic (exact) mass is 410 g/mol. The molecular weight excluding hydrogens is 388 g/mol. The molecule has 7 nitrogen and oxygen atoms in total. The van der Waals surface area contributed by atoms with Crippen LogP contribution < -0.4 is 9.64 Å². The first-order chi connectivity index (χ1) is 13.9. The summed E-state index contributed by atoms with van der Waals surface area (Å²) in [5.41, 5.74) is 1.92. The molecule has 0 radical (unpaired) electrons.